The summed E-state index contributed by atoms with van der Waals surface area (Å²) in [5.74, 6) is -0.615. The number of carbonyl (C=O) groups is 1. The van der Waals surface area contributed by atoms with Crippen LogP contribution in [-0.2, 0) is 4.79 Å². The lowest BCUT2D eigenvalue weighted by atomic mass is 10.0. The van der Waals surface area contributed by atoms with E-state index in [-0.39, 0.29) is 36.7 Å². The Hall–Kier alpha value is -0.850. The maximum Gasteiger partial charge on any atom is 0.258 e. The van der Waals surface area contributed by atoms with Gasteiger partial charge in [0.15, 0.2) is 18.2 Å². The molecular weight excluding hydrogens is 363 g/mol. The van der Waals surface area contributed by atoms with E-state index in [0.717, 1.165) is 19.4 Å². The minimum atomic E-state index is -0.484. The van der Waals surface area contributed by atoms with Crippen LogP contribution in [-0.4, -0.2) is 31.1 Å². The molecule has 2 atom stereocenters. The second kappa shape index (κ2) is 8.56. The third-order valence-corrected chi connectivity index (χ3v) is 3.73. The van der Waals surface area contributed by atoms with Gasteiger partial charge in [-0.3, -0.25) is 4.79 Å². The fraction of sp³-hybridized carbons (Fsp3) is 0.500. The number of nitrogens with one attached hydrogen (secondary N) is 2. The smallest absolute Gasteiger partial charge is 0.258 e. The number of carbonyl (C=O) groups excluding carboxylic acids is 1. The normalized spacial score (nSPS) is 21.3. The molecule has 1 aliphatic rings. The van der Waals surface area contributed by atoms with Crippen LogP contribution in [0.4, 0.5) is 4.39 Å². The van der Waals surface area contributed by atoms with Crippen molar-refractivity contribution < 1.29 is 13.9 Å². The van der Waals surface area contributed by atoms with Gasteiger partial charge in [0.05, 0.1) is 0 Å². The molecule has 1 aliphatic heterocycles. The number of rotatable bonds is 4. The minimum absolute atomic E-state index is 0. The maximum absolute atomic E-state index is 13.5. The number of halogens is 3. The Morgan fingerprint density at radius 2 is 2.33 bits per heavy atom. The molecule has 1 amide bonds. The standard InChI is InChI=1S/C14H18BrFN2O2.ClH/c1-9-6-11(4-5-17-9)18-14(19)8-20-13-3-2-10(15)7-12(13)16;/h2-3,7,9,11,17H,4-6,8H2,1H3,(H,18,19);1H. The molecule has 2 unspecified atom stereocenters. The van der Waals surface area contributed by atoms with Gasteiger partial charge in [0.1, 0.15) is 0 Å². The number of piperidine rings is 1. The summed E-state index contributed by atoms with van der Waals surface area (Å²) in [5, 5.41) is 6.23. The summed E-state index contributed by atoms with van der Waals surface area (Å²) in [6.45, 7) is 2.82. The van der Waals surface area contributed by atoms with Crippen molar-refractivity contribution in [3.8, 4) is 5.75 Å². The van der Waals surface area contributed by atoms with E-state index in [0.29, 0.717) is 10.5 Å². The van der Waals surface area contributed by atoms with Crippen molar-refractivity contribution in [1.29, 1.82) is 0 Å². The SMILES string of the molecule is CC1CC(NC(=O)COc2ccc(Br)cc2F)CCN1.Cl. The zero-order chi connectivity index (χ0) is 14.5. The van der Waals surface area contributed by atoms with E-state index in [9.17, 15) is 9.18 Å². The third-order valence-electron chi connectivity index (χ3n) is 3.24. The molecule has 1 heterocycles. The zero-order valence-electron chi connectivity index (χ0n) is 11.7. The molecule has 1 aromatic carbocycles. The lowest BCUT2D eigenvalue weighted by Crippen LogP contribution is -2.47. The first-order valence-electron chi connectivity index (χ1n) is 6.65. The molecule has 0 saturated carbocycles. The fourth-order valence-corrected chi connectivity index (χ4v) is 2.60. The highest BCUT2D eigenvalue weighted by Crippen LogP contribution is 2.21. The van der Waals surface area contributed by atoms with E-state index < -0.39 is 5.82 Å². The average Bonchev–Trinajstić information content (AvgIpc) is 2.37. The van der Waals surface area contributed by atoms with Crippen LogP contribution in [0.15, 0.2) is 22.7 Å². The lowest BCUT2D eigenvalue weighted by Gasteiger charge is -2.28. The van der Waals surface area contributed by atoms with Crippen molar-refractivity contribution in [3.05, 3.63) is 28.5 Å². The molecule has 2 N–H and O–H groups in total. The Labute approximate surface area is 138 Å². The van der Waals surface area contributed by atoms with Crippen LogP contribution >= 0.6 is 28.3 Å². The Bertz CT molecular complexity index is 490. The number of amides is 1. The first-order valence-corrected chi connectivity index (χ1v) is 7.44. The monoisotopic (exact) mass is 380 g/mol. The molecule has 21 heavy (non-hydrogen) atoms. The van der Waals surface area contributed by atoms with Crippen LogP contribution in [0.1, 0.15) is 19.8 Å². The van der Waals surface area contributed by atoms with Crippen molar-refractivity contribution >= 4 is 34.2 Å². The minimum Gasteiger partial charge on any atom is -0.481 e. The van der Waals surface area contributed by atoms with Gasteiger partial charge in [-0.05, 0) is 44.5 Å². The van der Waals surface area contributed by atoms with E-state index in [1.807, 2.05) is 0 Å². The van der Waals surface area contributed by atoms with Crippen molar-refractivity contribution in [2.75, 3.05) is 13.2 Å². The molecular formula is C14H19BrClFN2O2. The van der Waals surface area contributed by atoms with Gasteiger partial charge in [-0.2, -0.15) is 0 Å². The molecule has 7 heteroatoms. The summed E-state index contributed by atoms with van der Waals surface area (Å²) in [6.07, 6.45) is 1.81. The van der Waals surface area contributed by atoms with Crippen LogP contribution in [0.25, 0.3) is 0 Å². The Morgan fingerprint density at radius 3 is 3.00 bits per heavy atom. The number of hydrogen-bond donors (Lipinski definition) is 2. The number of hydrogen-bond acceptors (Lipinski definition) is 3. The van der Waals surface area contributed by atoms with Gasteiger partial charge in [-0.15, -0.1) is 12.4 Å². The van der Waals surface area contributed by atoms with E-state index in [1.165, 1.54) is 12.1 Å². The van der Waals surface area contributed by atoms with E-state index in [4.69, 9.17) is 4.74 Å². The second-order valence-electron chi connectivity index (χ2n) is 5.01. The molecule has 4 nitrogen and oxygen atoms in total. The van der Waals surface area contributed by atoms with Crippen molar-refractivity contribution in [3.63, 3.8) is 0 Å². The third kappa shape index (κ3) is 5.80. The number of ether oxygens (including phenoxy) is 1. The summed E-state index contributed by atoms with van der Waals surface area (Å²) in [4.78, 5) is 11.8. The molecule has 1 fully saturated rings. The molecule has 0 aromatic heterocycles. The van der Waals surface area contributed by atoms with E-state index in [2.05, 4.69) is 33.5 Å². The van der Waals surface area contributed by atoms with Crippen molar-refractivity contribution in [1.82, 2.24) is 10.6 Å². The second-order valence-corrected chi connectivity index (χ2v) is 5.92. The van der Waals surface area contributed by atoms with Crippen LogP contribution in [0.2, 0.25) is 0 Å². The molecule has 0 aliphatic carbocycles. The Morgan fingerprint density at radius 1 is 1.57 bits per heavy atom. The fourth-order valence-electron chi connectivity index (χ4n) is 2.27. The summed E-state index contributed by atoms with van der Waals surface area (Å²) in [6, 6.07) is 5.04. The summed E-state index contributed by atoms with van der Waals surface area (Å²) in [7, 11) is 0. The first kappa shape index (κ1) is 18.2. The van der Waals surface area contributed by atoms with Gasteiger partial charge in [-0.25, -0.2) is 4.39 Å². The van der Waals surface area contributed by atoms with Gasteiger partial charge >= 0.3 is 0 Å². The van der Waals surface area contributed by atoms with E-state index >= 15 is 0 Å². The van der Waals surface area contributed by atoms with Crippen molar-refractivity contribution in [2.45, 2.75) is 31.8 Å². The molecule has 1 aromatic rings. The molecule has 118 valence electrons. The summed E-state index contributed by atoms with van der Waals surface area (Å²) >= 11 is 3.17. The van der Waals surface area contributed by atoms with Crippen LogP contribution in [0.5, 0.6) is 5.75 Å². The first-order chi connectivity index (χ1) is 9.54. The molecule has 2 rings (SSSR count). The average molecular weight is 382 g/mol. The maximum atomic E-state index is 13.5. The van der Waals surface area contributed by atoms with Gasteiger partial charge in [0, 0.05) is 16.6 Å². The summed E-state index contributed by atoms with van der Waals surface area (Å²) < 4.78 is 19.3. The predicted molar refractivity (Wildman–Crippen MR) is 85.5 cm³/mol. The van der Waals surface area contributed by atoms with Gasteiger partial charge in [0.25, 0.3) is 5.91 Å². The summed E-state index contributed by atoms with van der Waals surface area (Å²) in [5.41, 5.74) is 0. The van der Waals surface area contributed by atoms with E-state index in [1.54, 1.807) is 6.07 Å². The van der Waals surface area contributed by atoms with Crippen LogP contribution in [0, 0.1) is 5.82 Å². The van der Waals surface area contributed by atoms with Crippen molar-refractivity contribution in [2.24, 2.45) is 0 Å². The lowest BCUT2D eigenvalue weighted by molar-refractivity contribution is -0.124. The topological polar surface area (TPSA) is 50.4 Å². The highest BCUT2D eigenvalue weighted by molar-refractivity contribution is 9.10. The Balaban J connectivity index is 0.00000220. The largest absolute Gasteiger partial charge is 0.481 e. The van der Waals surface area contributed by atoms with Gasteiger partial charge in [0.2, 0.25) is 0 Å². The molecule has 0 bridgehead atoms. The zero-order valence-corrected chi connectivity index (χ0v) is 14.1. The molecule has 1 saturated heterocycles. The quantitative estimate of drug-likeness (QED) is 0.843. The Kier molecular flexibility index (Phi) is 7.42. The highest BCUT2D eigenvalue weighted by atomic mass is 79.9. The van der Waals surface area contributed by atoms with Gasteiger partial charge < -0.3 is 15.4 Å². The molecule has 0 radical (unpaired) electrons. The number of benzene rings is 1. The van der Waals surface area contributed by atoms with Gasteiger partial charge in [-0.1, -0.05) is 15.9 Å². The highest BCUT2D eigenvalue weighted by Gasteiger charge is 2.20. The molecule has 0 spiro atoms. The predicted octanol–water partition coefficient (Wildman–Crippen LogP) is 2.65. The van der Waals surface area contributed by atoms with Crippen LogP contribution < -0.4 is 15.4 Å². The van der Waals surface area contributed by atoms with Crippen LogP contribution in [0.3, 0.4) is 0 Å².